The molecule has 0 radical (unpaired) electrons. The second-order valence-corrected chi connectivity index (χ2v) is 3.57. The van der Waals surface area contributed by atoms with Crippen LogP contribution in [0.1, 0.15) is 25.5 Å². The second-order valence-electron chi connectivity index (χ2n) is 2.79. The molecule has 0 aliphatic carbocycles. The smallest absolute Gasteiger partial charge is 0.244 e. The fourth-order valence-corrected chi connectivity index (χ4v) is 1.77. The number of thiophene rings is 1. The number of amides is 1. The lowest BCUT2D eigenvalue weighted by atomic mass is 10.2. The van der Waals surface area contributed by atoms with Crippen molar-refractivity contribution >= 4 is 17.2 Å². The maximum atomic E-state index is 11.2. The first-order valence-electron chi connectivity index (χ1n) is 4.19. The number of rotatable bonds is 3. The summed E-state index contributed by atoms with van der Waals surface area (Å²) >= 11 is 1.64. The molecular weight excluding hydrogens is 182 g/mol. The lowest BCUT2D eigenvalue weighted by molar-refractivity contribution is -0.117. The molecule has 1 rings (SSSR count). The van der Waals surface area contributed by atoms with Crippen LogP contribution in [0.15, 0.2) is 29.0 Å². The van der Waals surface area contributed by atoms with E-state index in [1.54, 1.807) is 17.4 Å². The molecule has 1 heterocycles. The Kier molecular flexibility index (Phi) is 3.71. The molecule has 0 saturated carbocycles. The van der Waals surface area contributed by atoms with Crippen molar-refractivity contribution in [1.29, 1.82) is 0 Å². The zero-order chi connectivity index (χ0) is 9.68. The molecule has 1 aromatic heterocycles. The Morgan fingerprint density at radius 1 is 1.69 bits per heavy atom. The minimum absolute atomic E-state index is 0.0406. The Morgan fingerprint density at radius 2 is 2.46 bits per heavy atom. The second kappa shape index (κ2) is 4.82. The van der Waals surface area contributed by atoms with Crippen molar-refractivity contribution in [2.75, 3.05) is 0 Å². The molecule has 2 nitrogen and oxygen atoms in total. The molecule has 0 fully saturated rings. The van der Waals surface area contributed by atoms with Crippen LogP contribution < -0.4 is 5.32 Å². The lowest BCUT2D eigenvalue weighted by Gasteiger charge is -2.09. The van der Waals surface area contributed by atoms with E-state index >= 15 is 0 Å². The summed E-state index contributed by atoms with van der Waals surface area (Å²) in [5.74, 6) is -0.0406. The SMILES string of the molecule is CC=CC(=O)NC(C)c1ccsc1. The molecule has 1 unspecified atom stereocenters. The van der Waals surface area contributed by atoms with Crippen LogP contribution in [0.3, 0.4) is 0 Å². The standard InChI is InChI=1S/C10H13NOS/c1-3-4-10(12)11-8(2)9-5-6-13-7-9/h3-8H,1-2H3,(H,11,12). The Hall–Kier alpha value is -1.09. The van der Waals surface area contributed by atoms with Gasteiger partial charge in [0, 0.05) is 0 Å². The Balaban J connectivity index is 2.51. The Labute approximate surface area is 82.3 Å². The van der Waals surface area contributed by atoms with E-state index in [1.807, 2.05) is 30.7 Å². The van der Waals surface area contributed by atoms with E-state index in [0.29, 0.717) is 0 Å². The molecule has 1 N–H and O–H groups in total. The minimum Gasteiger partial charge on any atom is -0.346 e. The minimum atomic E-state index is -0.0406. The van der Waals surface area contributed by atoms with E-state index in [2.05, 4.69) is 5.32 Å². The highest BCUT2D eigenvalue weighted by Gasteiger charge is 2.06. The number of hydrogen-bond donors (Lipinski definition) is 1. The molecule has 1 amide bonds. The van der Waals surface area contributed by atoms with Crippen LogP contribution in [0, 0.1) is 0 Å². The number of allylic oxidation sites excluding steroid dienone is 1. The quantitative estimate of drug-likeness (QED) is 0.738. The van der Waals surface area contributed by atoms with Gasteiger partial charge in [-0.1, -0.05) is 6.08 Å². The van der Waals surface area contributed by atoms with Crippen LogP contribution in [0.4, 0.5) is 0 Å². The first-order valence-corrected chi connectivity index (χ1v) is 5.13. The van der Waals surface area contributed by atoms with Gasteiger partial charge in [0.25, 0.3) is 0 Å². The van der Waals surface area contributed by atoms with Crippen molar-refractivity contribution in [3.05, 3.63) is 34.5 Å². The van der Waals surface area contributed by atoms with Gasteiger partial charge in [-0.25, -0.2) is 0 Å². The van der Waals surface area contributed by atoms with E-state index in [1.165, 1.54) is 6.08 Å². The van der Waals surface area contributed by atoms with E-state index in [-0.39, 0.29) is 11.9 Å². The number of carbonyl (C=O) groups is 1. The monoisotopic (exact) mass is 195 g/mol. The van der Waals surface area contributed by atoms with Gasteiger partial charge in [-0.3, -0.25) is 4.79 Å². The van der Waals surface area contributed by atoms with E-state index < -0.39 is 0 Å². The van der Waals surface area contributed by atoms with Gasteiger partial charge >= 0.3 is 0 Å². The third kappa shape index (κ3) is 3.03. The largest absolute Gasteiger partial charge is 0.346 e. The van der Waals surface area contributed by atoms with Crippen LogP contribution in [0.5, 0.6) is 0 Å². The third-order valence-electron chi connectivity index (χ3n) is 1.72. The molecular formula is C10H13NOS. The summed E-state index contributed by atoms with van der Waals surface area (Å²) in [6, 6.07) is 2.11. The highest BCUT2D eigenvalue weighted by Crippen LogP contribution is 2.15. The zero-order valence-electron chi connectivity index (χ0n) is 7.78. The number of nitrogens with one attached hydrogen (secondary N) is 1. The van der Waals surface area contributed by atoms with Crippen LogP contribution in [-0.4, -0.2) is 5.91 Å². The van der Waals surface area contributed by atoms with Crippen molar-refractivity contribution in [3.8, 4) is 0 Å². The predicted molar refractivity (Wildman–Crippen MR) is 55.7 cm³/mol. The van der Waals surface area contributed by atoms with Crippen molar-refractivity contribution < 1.29 is 4.79 Å². The Morgan fingerprint density at radius 3 is 3.00 bits per heavy atom. The van der Waals surface area contributed by atoms with E-state index in [9.17, 15) is 4.79 Å². The fourth-order valence-electron chi connectivity index (χ4n) is 1.02. The molecule has 0 saturated heterocycles. The van der Waals surface area contributed by atoms with Crippen molar-refractivity contribution in [1.82, 2.24) is 5.32 Å². The average molecular weight is 195 g/mol. The summed E-state index contributed by atoms with van der Waals surface area (Å²) in [6.07, 6.45) is 3.26. The summed E-state index contributed by atoms with van der Waals surface area (Å²) in [5.41, 5.74) is 1.16. The van der Waals surface area contributed by atoms with Gasteiger partial charge in [-0.15, -0.1) is 0 Å². The van der Waals surface area contributed by atoms with Crippen molar-refractivity contribution in [2.45, 2.75) is 19.9 Å². The van der Waals surface area contributed by atoms with Gasteiger partial charge in [0.15, 0.2) is 0 Å². The fraction of sp³-hybridized carbons (Fsp3) is 0.300. The maximum Gasteiger partial charge on any atom is 0.244 e. The summed E-state index contributed by atoms with van der Waals surface area (Å²) in [4.78, 5) is 11.2. The van der Waals surface area contributed by atoms with E-state index in [0.717, 1.165) is 5.56 Å². The normalized spacial score (nSPS) is 13.1. The molecule has 0 aliphatic rings. The topological polar surface area (TPSA) is 29.1 Å². The molecule has 0 spiro atoms. The van der Waals surface area contributed by atoms with Gasteiger partial charge < -0.3 is 5.32 Å². The summed E-state index contributed by atoms with van der Waals surface area (Å²) in [7, 11) is 0. The van der Waals surface area contributed by atoms with Gasteiger partial charge in [-0.2, -0.15) is 11.3 Å². The third-order valence-corrected chi connectivity index (χ3v) is 2.42. The number of carbonyl (C=O) groups excluding carboxylic acids is 1. The average Bonchev–Trinajstić information content (AvgIpc) is 2.55. The van der Waals surface area contributed by atoms with Crippen molar-refractivity contribution in [3.63, 3.8) is 0 Å². The lowest BCUT2D eigenvalue weighted by Crippen LogP contribution is -2.24. The van der Waals surface area contributed by atoms with E-state index in [4.69, 9.17) is 0 Å². The number of hydrogen-bond acceptors (Lipinski definition) is 2. The Bertz CT molecular complexity index is 290. The molecule has 0 aliphatic heterocycles. The van der Waals surface area contributed by atoms with Gasteiger partial charge in [0.1, 0.15) is 0 Å². The first-order chi connectivity index (χ1) is 6.24. The predicted octanol–water partition coefficient (Wildman–Crippen LogP) is 2.50. The van der Waals surface area contributed by atoms with Gasteiger partial charge in [-0.05, 0) is 42.3 Å². The van der Waals surface area contributed by atoms with Crippen LogP contribution in [0.2, 0.25) is 0 Å². The molecule has 3 heteroatoms. The molecule has 1 aromatic rings. The molecule has 0 bridgehead atoms. The zero-order valence-corrected chi connectivity index (χ0v) is 8.60. The van der Waals surface area contributed by atoms with Gasteiger partial charge in [0.05, 0.1) is 6.04 Å². The van der Waals surface area contributed by atoms with Crippen LogP contribution in [-0.2, 0) is 4.79 Å². The molecule has 0 aromatic carbocycles. The van der Waals surface area contributed by atoms with Crippen molar-refractivity contribution in [2.24, 2.45) is 0 Å². The molecule has 1 atom stereocenters. The highest BCUT2D eigenvalue weighted by molar-refractivity contribution is 7.07. The first kappa shape index (κ1) is 9.99. The maximum absolute atomic E-state index is 11.2. The molecule has 70 valence electrons. The van der Waals surface area contributed by atoms with Crippen LogP contribution >= 0.6 is 11.3 Å². The van der Waals surface area contributed by atoms with Crippen LogP contribution in [0.25, 0.3) is 0 Å². The summed E-state index contributed by atoms with van der Waals surface area (Å²) in [5, 5.41) is 6.91. The summed E-state index contributed by atoms with van der Waals surface area (Å²) in [6.45, 7) is 3.80. The molecule has 13 heavy (non-hydrogen) atoms. The summed E-state index contributed by atoms with van der Waals surface area (Å²) < 4.78 is 0. The van der Waals surface area contributed by atoms with Gasteiger partial charge in [0.2, 0.25) is 5.91 Å². The highest BCUT2D eigenvalue weighted by atomic mass is 32.1.